The van der Waals surface area contributed by atoms with Crippen molar-refractivity contribution in [1.82, 2.24) is 19.9 Å². The van der Waals surface area contributed by atoms with Gasteiger partial charge < -0.3 is 9.26 Å². The van der Waals surface area contributed by atoms with Gasteiger partial charge in [0.1, 0.15) is 5.69 Å². The van der Waals surface area contributed by atoms with E-state index in [1.807, 2.05) is 0 Å². The van der Waals surface area contributed by atoms with E-state index in [1.54, 1.807) is 13.0 Å². The number of nitrogens with zero attached hydrogens (tertiary/aromatic N) is 4. The SMILES string of the molecule is CCOC(=O)c1cc(-c2nc(-c3cccc(S(C)(=O)=O)c3)no2)n(-c2ccccc2C(F)(F)F)n1. The molecule has 0 saturated carbocycles. The maximum Gasteiger partial charge on any atom is 0.418 e. The summed E-state index contributed by atoms with van der Waals surface area (Å²) in [4.78, 5) is 16.5. The number of benzene rings is 2. The molecule has 9 nitrogen and oxygen atoms in total. The minimum Gasteiger partial charge on any atom is -0.461 e. The lowest BCUT2D eigenvalue weighted by atomic mass is 10.1. The molecular weight excluding hydrogens is 489 g/mol. The molecule has 0 N–H and O–H groups in total. The zero-order valence-corrected chi connectivity index (χ0v) is 19.1. The lowest BCUT2D eigenvalue weighted by molar-refractivity contribution is -0.137. The molecule has 0 atom stereocenters. The number of sulfone groups is 1. The second-order valence-corrected chi connectivity index (χ2v) is 9.30. The Morgan fingerprint density at radius 2 is 1.86 bits per heavy atom. The van der Waals surface area contributed by atoms with Gasteiger partial charge in [0.2, 0.25) is 5.82 Å². The monoisotopic (exact) mass is 506 g/mol. The zero-order chi connectivity index (χ0) is 25.4. The van der Waals surface area contributed by atoms with Gasteiger partial charge in [-0.15, -0.1) is 0 Å². The quantitative estimate of drug-likeness (QED) is 0.358. The molecule has 0 aliphatic rings. The number of rotatable bonds is 6. The fraction of sp³-hybridized carbons (Fsp3) is 0.182. The molecule has 35 heavy (non-hydrogen) atoms. The molecule has 0 saturated heterocycles. The van der Waals surface area contributed by atoms with E-state index in [4.69, 9.17) is 9.26 Å². The minimum absolute atomic E-state index is 0.0139. The molecular formula is C22H17F3N4O5S. The molecule has 0 radical (unpaired) electrons. The second-order valence-electron chi connectivity index (χ2n) is 7.29. The molecule has 2 aromatic heterocycles. The number of hydrogen-bond acceptors (Lipinski definition) is 8. The highest BCUT2D eigenvalue weighted by Gasteiger charge is 2.35. The van der Waals surface area contributed by atoms with Crippen LogP contribution >= 0.6 is 0 Å². The normalized spacial score (nSPS) is 12.0. The van der Waals surface area contributed by atoms with E-state index in [2.05, 4.69) is 15.2 Å². The van der Waals surface area contributed by atoms with Crippen molar-refractivity contribution < 1.29 is 35.6 Å². The molecule has 0 aliphatic carbocycles. The Hall–Kier alpha value is -4.00. The Bertz CT molecular complexity index is 1510. The van der Waals surface area contributed by atoms with Gasteiger partial charge in [-0.2, -0.15) is 23.3 Å². The Balaban J connectivity index is 1.86. The van der Waals surface area contributed by atoms with Crippen LogP contribution in [0.15, 0.2) is 64.0 Å². The first-order chi connectivity index (χ1) is 16.5. The van der Waals surface area contributed by atoms with Gasteiger partial charge in [-0.05, 0) is 31.2 Å². The first-order valence-corrected chi connectivity index (χ1v) is 12.0. The average molecular weight is 506 g/mol. The van der Waals surface area contributed by atoms with Gasteiger partial charge in [-0.25, -0.2) is 17.9 Å². The van der Waals surface area contributed by atoms with Crippen LogP contribution in [0.25, 0.3) is 28.7 Å². The molecule has 0 unspecified atom stereocenters. The fourth-order valence-corrected chi connectivity index (χ4v) is 3.90. The average Bonchev–Trinajstić information content (AvgIpc) is 3.46. The topological polar surface area (TPSA) is 117 Å². The largest absolute Gasteiger partial charge is 0.461 e. The van der Waals surface area contributed by atoms with Crippen LogP contribution < -0.4 is 0 Å². The van der Waals surface area contributed by atoms with Crippen LogP contribution in [-0.4, -0.2) is 47.2 Å². The Labute approximate surface area is 197 Å². The van der Waals surface area contributed by atoms with Crippen molar-refractivity contribution in [3.05, 3.63) is 65.9 Å². The molecule has 2 aromatic carbocycles. The maximum atomic E-state index is 13.7. The summed E-state index contributed by atoms with van der Waals surface area (Å²) in [5.74, 6) is -1.11. The van der Waals surface area contributed by atoms with Crippen LogP contribution in [0, 0.1) is 0 Å². The standard InChI is InChI=1S/C22H17F3N4O5S/c1-3-33-21(30)16-12-18(29(27-16)17-10-5-4-9-15(17)22(23,24)25)20-26-19(28-34-20)13-7-6-8-14(11-13)35(2,31)32/h4-12H,3H2,1-2H3. The summed E-state index contributed by atoms with van der Waals surface area (Å²) in [5.41, 5.74) is -1.43. The van der Waals surface area contributed by atoms with E-state index in [0.717, 1.165) is 17.0 Å². The number of ether oxygens (including phenoxy) is 1. The number of hydrogen-bond donors (Lipinski definition) is 0. The molecule has 2 heterocycles. The van der Waals surface area contributed by atoms with E-state index >= 15 is 0 Å². The molecule has 0 aliphatic heterocycles. The Kier molecular flexibility index (Phi) is 6.19. The van der Waals surface area contributed by atoms with Crippen molar-refractivity contribution in [2.75, 3.05) is 12.9 Å². The van der Waals surface area contributed by atoms with Crippen molar-refractivity contribution in [1.29, 1.82) is 0 Å². The van der Waals surface area contributed by atoms with Gasteiger partial charge in [-0.3, -0.25) is 0 Å². The van der Waals surface area contributed by atoms with Crippen LogP contribution in [0.1, 0.15) is 23.0 Å². The van der Waals surface area contributed by atoms with Crippen molar-refractivity contribution >= 4 is 15.8 Å². The summed E-state index contributed by atoms with van der Waals surface area (Å²) in [6.07, 6.45) is -3.67. The molecule has 0 spiro atoms. The highest BCUT2D eigenvalue weighted by atomic mass is 32.2. The molecule has 13 heteroatoms. The first kappa shape index (κ1) is 24.1. The van der Waals surface area contributed by atoms with Crippen molar-refractivity contribution in [3.63, 3.8) is 0 Å². The summed E-state index contributed by atoms with van der Waals surface area (Å²) in [5, 5.41) is 7.83. The summed E-state index contributed by atoms with van der Waals surface area (Å²) in [7, 11) is -3.51. The number of aromatic nitrogens is 4. The van der Waals surface area contributed by atoms with Gasteiger partial charge in [0.25, 0.3) is 5.89 Å². The number of para-hydroxylation sites is 1. The molecule has 0 amide bonds. The van der Waals surface area contributed by atoms with Gasteiger partial charge in [0.15, 0.2) is 15.5 Å². The van der Waals surface area contributed by atoms with Crippen molar-refractivity contribution in [3.8, 4) is 28.7 Å². The highest BCUT2D eigenvalue weighted by molar-refractivity contribution is 7.90. The summed E-state index contributed by atoms with van der Waals surface area (Å²) >= 11 is 0. The molecule has 182 valence electrons. The number of carbonyl (C=O) groups is 1. The maximum absolute atomic E-state index is 13.7. The predicted molar refractivity (Wildman–Crippen MR) is 116 cm³/mol. The number of carbonyl (C=O) groups excluding carboxylic acids is 1. The lowest BCUT2D eigenvalue weighted by Crippen LogP contribution is -2.13. The minimum atomic E-state index is -4.71. The van der Waals surface area contributed by atoms with Crippen molar-refractivity contribution in [2.24, 2.45) is 0 Å². The third-order valence-electron chi connectivity index (χ3n) is 4.80. The molecule has 0 bridgehead atoms. The van der Waals surface area contributed by atoms with E-state index in [0.29, 0.717) is 5.56 Å². The van der Waals surface area contributed by atoms with E-state index in [-0.39, 0.29) is 40.3 Å². The van der Waals surface area contributed by atoms with E-state index < -0.39 is 27.5 Å². The Morgan fingerprint density at radius 1 is 1.11 bits per heavy atom. The van der Waals surface area contributed by atoms with Gasteiger partial charge in [0.05, 0.1) is 22.8 Å². The van der Waals surface area contributed by atoms with Crippen LogP contribution in [0.2, 0.25) is 0 Å². The lowest BCUT2D eigenvalue weighted by Gasteiger charge is -2.13. The van der Waals surface area contributed by atoms with Crippen LogP contribution in [0.5, 0.6) is 0 Å². The highest BCUT2D eigenvalue weighted by Crippen LogP contribution is 2.35. The van der Waals surface area contributed by atoms with Gasteiger partial charge in [-0.1, -0.05) is 29.4 Å². The van der Waals surface area contributed by atoms with Crippen molar-refractivity contribution in [2.45, 2.75) is 18.0 Å². The molecule has 0 fully saturated rings. The molecule has 4 aromatic rings. The summed E-state index contributed by atoms with van der Waals surface area (Å²) in [6.45, 7) is 1.60. The first-order valence-electron chi connectivity index (χ1n) is 10.1. The smallest absolute Gasteiger partial charge is 0.418 e. The summed E-state index contributed by atoms with van der Waals surface area (Å²) < 4.78 is 75.8. The predicted octanol–water partition coefficient (Wildman–Crippen LogP) is 4.19. The third-order valence-corrected chi connectivity index (χ3v) is 5.91. The van der Waals surface area contributed by atoms with Gasteiger partial charge >= 0.3 is 12.1 Å². The number of alkyl halides is 3. The third kappa shape index (κ3) is 4.94. The second kappa shape index (κ2) is 8.98. The Morgan fingerprint density at radius 3 is 2.54 bits per heavy atom. The van der Waals surface area contributed by atoms with E-state index in [9.17, 15) is 26.4 Å². The summed E-state index contributed by atoms with van der Waals surface area (Å²) in [6, 6.07) is 11.6. The van der Waals surface area contributed by atoms with Crippen LogP contribution in [0.3, 0.4) is 0 Å². The van der Waals surface area contributed by atoms with Crippen LogP contribution in [-0.2, 0) is 20.8 Å². The zero-order valence-electron chi connectivity index (χ0n) is 18.3. The number of halogens is 3. The van der Waals surface area contributed by atoms with Crippen LogP contribution in [0.4, 0.5) is 13.2 Å². The fourth-order valence-electron chi connectivity index (χ4n) is 3.23. The van der Waals surface area contributed by atoms with E-state index in [1.165, 1.54) is 42.5 Å². The number of esters is 1. The molecule has 4 rings (SSSR count). The van der Waals surface area contributed by atoms with Gasteiger partial charge in [0, 0.05) is 17.9 Å².